The number of rotatable bonds is 3. The van der Waals surface area contributed by atoms with Crippen molar-refractivity contribution < 1.29 is 10.2 Å². The lowest BCUT2D eigenvalue weighted by molar-refractivity contribution is 0.457. The number of phenolic OH excluding ortho intramolecular Hbond substituents is 1. The second kappa shape index (κ2) is 5.82. The van der Waals surface area contributed by atoms with Crippen molar-refractivity contribution >= 4 is 45.7 Å². The van der Waals surface area contributed by atoms with Crippen LogP contribution in [0.5, 0.6) is 11.6 Å². The summed E-state index contributed by atoms with van der Waals surface area (Å²) in [5.74, 6) is 0.134. The molecule has 0 atom stereocenters. The quantitative estimate of drug-likeness (QED) is 0.656. The zero-order valence-corrected chi connectivity index (χ0v) is 13.3. The molecule has 0 amide bonds. The van der Waals surface area contributed by atoms with E-state index >= 15 is 0 Å². The van der Waals surface area contributed by atoms with Crippen LogP contribution in [0.25, 0.3) is 11.6 Å². The molecule has 5 nitrogen and oxygen atoms in total. The molecule has 0 fully saturated rings. The van der Waals surface area contributed by atoms with Gasteiger partial charge in [0.2, 0.25) is 5.88 Å². The summed E-state index contributed by atoms with van der Waals surface area (Å²) >= 11 is 1.33. The van der Waals surface area contributed by atoms with Crippen molar-refractivity contribution in [3.8, 4) is 11.6 Å². The number of aromatic nitrogens is 1. The van der Waals surface area contributed by atoms with E-state index in [4.69, 9.17) is 0 Å². The minimum atomic E-state index is -0.0343. The van der Waals surface area contributed by atoms with Crippen molar-refractivity contribution in [2.24, 2.45) is 4.99 Å². The molecule has 118 valence electrons. The number of aliphatic imine (C=N–C) groups is 1. The van der Waals surface area contributed by atoms with E-state index in [9.17, 15) is 10.2 Å². The Bertz CT molecular complexity index is 976. The summed E-state index contributed by atoms with van der Waals surface area (Å²) in [4.78, 5) is 9.13. The SMILES string of the molecule is Oc1cccc(Nc2nc(O)c(C=C3C=Nc4ccccc43)s2)c1. The van der Waals surface area contributed by atoms with Crippen molar-refractivity contribution in [1.82, 2.24) is 4.98 Å². The number of hydrogen-bond acceptors (Lipinski definition) is 6. The molecule has 0 saturated heterocycles. The summed E-state index contributed by atoms with van der Waals surface area (Å²) in [6, 6.07) is 14.6. The fraction of sp³-hybridized carbons (Fsp3) is 0. The standard InChI is InChI=1S/C18H13N3O2S/c22-13-5-3-4-12(9-13)20-18-21-17(23)16(24-18)8-11-10-19-15-7-2-1-6-14(11)15/h1-10,22-23H,(H,20,21). The summed E-state index contributed by atoms with van der Waals surface area (Å²) < 4.78 is 0. The van der Waals surface area contributed by atoms with Crippen LogP contribution in [0.2, 0.25) is 0 Å². The number of anilines is 2. The predicted molar refractivity (Wildman–Crippen MR) is 97.6 cm³/mol. The van der Waals surface area contributed by atoms with E-state index in [2.05, 4.69) is 15.3 Å². The average Bonchev–Trinajstić information content (AvgIpc) is 3.12. The molecular weight excluding hydrogens is 322 g/mol. The first-order valence-corrected chi connectivity index (χ1v) is 8.12. The lowest BCUT2D eigenvalue weighted by Gasteiger charge is -2.01. The molecule has 0 saturated carbocycles. The van der Waals surface area contributed by atoms with E-state index in [0.717, 1.165) is 16.8 Å². The minimum Gasteiger partial charge on any atom is -0.508 e. The number of hydrogen-bond donors (Lipinski definition) is 3. The van der Waals surface area contributed by atoms with E-state index in [0.29, 0.717) is 15.7 Å². The highest BCUT2D eigenvalue weighted by molar-refractivity contribution is 7.16. The minimum absolute atomic E-state index is 0.0343. The molecule has 3 N–H and O–H groups in total. The zero-order chi connectivity index (χ0) is 16.5. The Morgan fingerprint density at radius 3 is 2.79 bits per heavy atom. The summed E-state index contributed by atoms with van der Waals surface area (Å²) in [6.07, 6.45) is 3.65. The normalized spacial score (nSPS) is 14.1. The number of aromatic hydroxyl groups is 2. The Hall–Kier alpha value is -3.12. The molecular formula is C18H13N3O2S. The molecule has 1 aliphatic rings. The first kappa shape index (κ1) is 14.5. The lowest BCUT2D eigenvalue weighted by atomic mass is 10.1. The van der Waals surface area contributed by atoms with E-state index in [1.54, 1.807) is 24.4 Å². The maximum atomic E-state index is 10.1. The van der Waals surface area contributed by atoms with Gasteiger partial charge in [0.1, 0.15) is 5.75 Å². The molecule has 0 unspecified atom stereocenters. The van der Waals surface area contributed by atoms with Crippen LogP contribution in [0.15, 0.2) is 53.5 Å². The van der Waals surface area contributed by atoms with Gasteiger partial charge in [-0.3, -0.25) is 4.99 Å². The summed E-state index contributed by atoms with van der Waals surface area (Å²) in [7, 11) is 0. The van der Waals surface area contributed by atoms with E-state index in [1.807, 2.05) is 36.4 Å². The molecule has 0 aliphatic carbocycles. The van der Waals surface area contributed by atoms with Crippen molar-refractivity contribution in [2.75, 3.05) is 5.32 Å². The monoisotopic (exact) mass is 335 g/mol. The number of phenols is 1. The fourth-order valence-electron chi connectivity index (χ4n) is 2.47. The van der Waals surface area contributed by atoms with Gasteiger partial charge in [0.15, 0.2) is 5.13 Å². The number of nitrogens with zero attached hydrogens (tertiary/aromatic N) is 2. The maximum absolute atomic E-state index is 10.1. The first-order valence-electron chi connectivity index (χ1n) is 7.30. The summed E-state index contributed by atoms with van der Waals surface area (Å²) in [5, 5.41) is 23.2. The Kier molecular flexibility index (Phi) is 3.51. The molecule has 3 aromatic rings. The molecule has 2 aromatic carbocycles. The Morgan fingerprint density at radius 2 is 1.92 bits per heavy atom. The second-order valence-corrected chi connectivity index (χ2v) is 6.29. The van der Waals surface area contributed by atoms with Gasteiger partial charge in [-0.25, -0.2) is 0 Å². The smallest absolute Gasteiger partial charge is 0.231 e. The Labute approximate surface area is 142 Å². The van der Waals surface area contributed by atoms with Crippen LogP contribution in [-0.4, -0.2) is 21.4 Å². The molecule has 0 radical (unpaired) electrons. The highest BCUT2D eigenvalue weighted by Gasteiger charge is 2.14. The molecule has 4 rings (SSSR count). The van der Waals surface area contributed by atoms with Crippen molar-refractivity contribution in [2.45, 2.75) is 0 Å². The van der Waals surface area contributed by atoms with Crippen LogP contribution in [0.4, 0.5) is 16.5 Å². The average molecular weight is 335 g/mol. The van der Waals surface area contributed by atoms with E-state index in [1.165, 1.54) is 11.3 Å². The van der Waals surface area contributed by atoms with Crippen molar-refractivity contribution in [3.05, 3.63) is 59.0 Å². The van der Waals surface area contributed by atoms with E-state index in [-0.39, 0.29) is 11.6 Å². The van der Waals surface area contributed by atoms with Gasteiger partial charge < -0.3 is 15.5 Å². The van der Waals surface area contributed by atoms with E-state index < -0.39 is 0 Å². The molecule has 2 heterocycles. The van der Waals surface area contributed by atoms with Gasteiger partial charge in [-0.1, -0.05) is 35.6 Å². The largest absolute Gasteiger partial charge is 0.508 e. The number of benzene rings is 2. The third-order valence-corrected chi connectivity index (χ3v) is 4.48. The number of nitrogens with one attached hydrogen (secondary N) is 1. The number of para-hydroxylation sites is 1. The van der Waals surface area contributed by atoms with Crippen LogP contribution in [-0.2, 0) is 0 Å². The van der Waals surface area contributed by atoms with Gasteiger partial charge in [0, 0.05) is 29.1 Å². The van der Waals surface area contributed by atoms with Gasteiger partial charge in [0.25, 0.3) is 0 Å². The molecule has 0 bridgehead atoms. The molecule has 1 aromatic heterocycles. The highest BCUT2D eigenvalue weighted by atomic mass is 32.1. The third-order valence-electron chi connectivity index (χ3n) is 3.58. The Morgan fingerprint density at radius 1 is 1.04 bits per heavy atom. The number of fused-ring (bicyclic) bond motifs is 1. The van der Waals surface area contributed by atoms with Crippen LogP contribution in [0.1, 0.15) is 10.4 Å². The topological polar surface area (TPSA) is 77.7 Å². The Balaban J connectivity index is 1.63. The van der Waals surface area contributed by atoms with Gasteiger partial charge in [-0.05, 0) is 24.3 Å². The summed E-state index contributed by atoms with van der Waals surface area (Å²) in [5.41, 5.74) is 3.60. The molecule has 1 aliphatic heterocycles. The number of thiazole rings is 1. The van der Waals surface area contributed by atoms with Gasteiger partial charge >= 0.3 is 0 Å². The summed E-state index contributed by atoms with van der Waals surface area (Å²) in [6.45, 7) is 0. The third kappa shape index (κ3) is 2.75. The first-order chi connectivity index (χ1) is 11.7. The van der Waals surface area contributed by atoms with Crippen LogP contribution in [0.3, 0.4) is 0 Å². The van der Waals surface area contributed by atoms with Crippen LogP contribution < -0.4 is 5.32 Å². The van der Waals surface area contributed by atoms with Crippen LogP contribution >= 0.6 is 11.3 Å². The lowest BCUT2D eigenvalue weighted by Crippen LogP contribution is -1.87. The molecule has 0 spiro atoms. The van der Waals surface area contributed by atoms with Gasteiger partial charge in [-0.2, -0.15) is 4.98 Å². The zero-order valence-electron chi connectivity index (χ0n) is 12.5. The predicted octanol–water partition coefficient (Wildman–Crippen LogP) is 4.55. The second-order valence-electron chi connectivity index (χ2n) is 5.26. The van der Waals surface area contributed by atoms with Crippen molar-refractivity contribution in [1.29, 1.82) is 0 Å². The van der Waals surface area contributed by atoms with Crippen LogP contribution in [0, 0.1) is 0 Å². The molecule has 6 heteroatoms. The molecule has 24 heavy (non-hydrogen) atoms. The highest BCUT2D eigenvalue weighted by Crippen LogP contribution is 2.37. The fourth-order valence-corrected chi connectivity index (χ4v) is 3.31. The van der Waals surface area contributed by atoms with Gasteiger partial charge in [-0.15, -0.1) is 0 Å². The maximum Gasteiger partial charge on any atom is 0.231 e. The van der Waals surface area contributed by atoms with Crippen molar-refractivity contribution in [3.63, 3.8) is 0 Å². The van der Waals surface area contributed by atoms with Gasteiger partial charge in [0.05, 0.1) is 10.6 Å². The number of allylic oxidation sites excluding steroid dienone is 1.